The molecule has 0 spiro atoms. The summed E-state index contributed by atoms with van der Waals surface area (Å²) in [6.45, 7) is 4.11. The van der Waals surface area contributed by atoms with Crippen molar-refractivity contribution in [3.63, 3.8) is 0 Å². The molecule has 1 fully saturated rings. The van der Waals surface area contributed by atoms with Crippen molar-refractivity contribution in [1.82, 2.24) is 0 Å². The van der Waals surface area contributed by atoms with E-state index in [2.05, 4.69) is 19.1 Å². The number of benzene rings is 3. The lowest BCUT2D eigenvalue weighted by Crippen LogP contribution is -2.45. The fourth-order valence-corrected chi connectivity index (χ4v) is 5.75. The Morgan fingerprint density at radius 3 is 2.46 bits per heavy atom. The Labute approximate surface area is 218 Å². The summed E-state index contributed by atoms with van der Waals surface area (Å²) in [6, 6.07) is 21.7. The monoisotopic (exact) mass is 496 g/mol. The quantitative estimate of drug-likeness (QED) is 0.329. The lowest BCUT2D eigenvalue weighted by molar-refractivity contribution is -0.123. The van der Waals surface area contributed by atoms with E-state index in [1.807, 2.05) is 43.3 Å². The van der Waals surface area contributed by atoms with Crippen LogP contribution < -0.4 is 4.90 Å². The summed E-state index contributed by atoms with van der Waals surface area (Å²) in [5.74, 6) is -0.831. The maximum absolute atomic E-state index is 14.0. The van der Waals surface area contributed by atoms with Crippen LogP contribution in [0.4, 0.5) is 15.8 Å². The third-order valence-electron chi connectivity index (χ3n) is 7.60. The molecule has 0 saturated heterocycles. The first kappa shape index (κ1) is 25.1. The van der Waals surface area contributed by atoms with Crippen molar-refractivity contribution in [3.05, 3.63) is 95.3 Å². The van der Waals surface area contributed by atoms with Crippen molar-refractivity contribution < 1.29 is 14.0 Å². The summed E-state index contributed by atoms with van der Waals surface area (Å²) in [5.41, 5.74) is 5.12. The molecule has 0 bridgehead atoms. The highest BCUT2D eigenvalue weighted by molar-refractivity contribution is 6.13. The molecule has 0 unspecified atom stereocenters. The van der Waals surface area contributed by atoms with Gasteiger partial charge in [-0.15, -0.1) is 0 Å². The van der Waals surface area contributed by atoms with E-state index < -0.39 is 12.0 Å². The molecule has 1 aliphatic carbocycles. The highest BCUT2D eigenvalue weighted by Gasteiger charge is 2.46. The van der Waals surface area contributed by atoms with E-state index in [4.69, 9.17) is 4.99 Å². The van der Waals surface area contributed by atoms with Crippen LogP contribution >= 0.6 is 0 Å². The third-order valence-corrected chi connectivity index (χ3v) is 7.60. The van der Waals surface area contributed by atoms with E-state index in [1.54, 1.807) is 17.0 Å². The van der Waals surface area contributed by atoms with Crippen LogP contribution in [0.15, 0.2) is 77.8 Å². The zero-order chi connectivity index (χ0) is 25.9. The van der Waals surface area contributed by atoms with Gasteiger partial charge in [0.1, 0.15) is 11.6 Å². The van der Waals surface area contributed by atoms with Crippen LogP contribution in [0.2, 0.25) is 0 Å². The number of carbonyl (C=O) groups is 2. The van der Waals surface area contributed by atoms with E-state index in [1.165, 1.54) is 12.1 Å². The van der Waals surface area contributed by atoms with Crippen LogP contribution in [0, 0.1) is 18.7 Å². The van der Waals surface area contributed by atoms with E-state index >= 15 is 0 Å². The van der Waals surface area contributed by atoms with Gasteiger partial charge in [-0.25, -0.2) is 4.39 Å². The summed E-state index contributed by atoms with van der Waals surface area (Å²) in [6.07, 6.45) is 4.18. The lowest BCUT2D eigenvalue weighted by Gasteiger charge is -2.39. The van der Waals surface area contributed by atoms with Gasteiger partial charge in [0.25, 0.3) is 0 Å². The number of Topliss-reactive ketones (excluding diaryl/α,β-unsaturated/α-hetero) is 1. The first-order valence-electron chi connectivity index (χ1n) is 13.3. The van der Waals surface area contributed by atoms with Crippen molar-refractivity contribution in [2.45, 2.75) is 64.3 Å². The second-order valence-corrected chi connectivity index (χ2v) is 10.3. The van der Waals surface area contributed by atoms with Gasteiger partial charge >= 0.3 is 0 Å². The molecule has 3 aromatic rings. The van der Waals surface area contributed by atoms with Crippen molar-refractivity contribution in [3.8, 4) is 0 Å². The molecule has 2 aliphatic rings. The number of ketones is 1. The molecule has 190 valence electrons. The minimum absolute atomic E-state index is 0.0240. The van der Waals surface area contributed by atoms with Crippen LogP contribution in [0.3, 0.4) is 0 Å². The number of carbonyl (C=O) groups excluding carboxylic acids is 2. The van der Waals surface area contributed by atoms with Gasteiger partial charge in [-0.1, -0.05) is 68.3 Å². The van der Waals surface area contributed by atoms with Crippen molar-refractivity contribution in [1.29, 1.82) is 0 Å². The van der Waals surface area contributed by atoms with Crippen molar-refractivity contribution in [2.24, 2.45) is 10.9 Å². The number of anilines is 1. The third kappa shape index (κ3) is 5.13. The Bertz CT molecular complexity index is 1320. The van der Waals surface area contributed by atoms with E-state index in [0.29, 0.717) is 24.9 Å². The van der Waals surface area contributed by atoms with Crippen molar-refractivity contribution >= 4 is 28.8 Å². The van der Waals surface area contributed by atoms with Gasteiger partial charge in [0.2, 0.25) is 5.91 Å². The Morgan fingerprint density at radius 2 is 1.73 bits per heavy atom. The average Bonchev–Trinajstić information content (AvgIpc) is 3.04. The number of hydrogen-bond donors (Lipinski definition) is 0. The van der Waals surface area contributed by atoms with Gasteiger partial charge in [-0.2, -0.15) is 0 Å². The lowest BCUT2D eigenvalue weighted by atomic mass is 9.72. The molecule has 5 heteroatoms. The van der Waals surface area contributed by atoms with Crippen LogP contribution in [0.25, 0.3) is 0 Å². The minimum Gasteiger partial charge on any atom is -0.302 e. The minimum atomic E-state index is -0.576. The number of fused-ring (bicyclic) bond motifs is 2. The Hall–Kier alpha value is -3.60. The molecule has 0 N–H and O–H groups in total. The molecule has 4 nitrogen and oxygen atoms in total. The zero-order valence-electron chi connectivity index (χ0n) is 21.5. The number of rotatable bonds is 6. The number of aryl methyl sites for hydroxylation is 1. The molecule has 3 atom stereocenters. The first-order valence-corrected chi connectivity index (χ1v) is 13.3. The van der Waals surface area contributed by atoms with E-state index in [0.717, 1.165) is 47.4 Å². The SMILES string of the molecule is CCCCCC(=O)N1c2cc(C)ccc2N=C2C[C@H](c3ccccc3)CC(=O)[C@H]2[C@@H]1c1ccc(F)cc1. The highest BCUT2D eigenvalue weighted by Crippen LogP contribution is 2.48. The molecule has 1 heterocycles. The number of nitrogens with zero attached hydrogens (tertiary/aromatic N) is 2. The maximum atomic E-state index is 14.0. The van der Waals surface area contributed by atoms with E-state index in [9.17, 15) is 14.0 Å². The summed E-state index contributed by atoms with van der Waals surface area (Å²) in [5, 5.41) is 0. The molecule has 0 radical (unpaired) electrons. The molecule has 3 aromatic carbocycles. The fourth-order valence-electron chi connectivity index (χ4n) is 5.75. The van der Waals surface area contributed by atoms with Gasteiger partial charge in [0.05, 0.1) is 23.3 Å². The predicted molar refractivity (Wildman–Crippen MR) is 146 cm³/mol. The normalized spacial score (nSPS) is 21.1. The first-order chi connectivity index (χ1) is 18.0. The van der Waals surface area contributed by atoms with Gasteiger partial charge in [-0.3, -0.25) is 14.6 Å². The van der Waals surface area contributed by atoms with Gasteiger partial charge in [0, 0.05) is 18.6 Å². The number of halogens is 1. The molecule has 1 aliphatic heterocycles. The van der Waals surface area contributed by atoms with Gasteiger partial charge in [0.15, 0.2) is 0 Å². The summed E-state index contributed by atoms with van der Waals surface area (Å²) < 4.78 is 14.0. The average molecular weight is 497 g/mol. The second-order valence-electron chi connectivity index (χ2n) is 10.3. The molecule has 5 rings (SSSR count). The Kier molecular flexibility index (Phi) is 7.31. The summed E-state index contributed by atoms with van der Waals surface area (Å²) >= 11 is 0. The number of amides is 1. The number of unbranched alkanes of at least 4 members (excludes halogenated alkanes) is 2. The Balaban J connectivity index is 1.66. The molecule has 0 aromatic heterocycles. The van der Waals surface area contributed by atoms with E-state index in [-0.39, 0.29) is 23.4 Å². The maximum Gasteiger partial charge on any atom is 0.227 e. The topological polar surface area (TPSA) is 49.7 Å². The van der Waals surface area contributed by atoms with Crippen LogP contribution in [0.1, 0.15) is 74.1 Å². The molecule has 37 heavy (non-hydrogen) atoms. The van der Waals surface area contributed by atoms with Gasteiger partial charge < -0.3 is 4.90 Å². The molecule has 1 saturated carbocycles. The summed E-state index contributed by atoms with van der Waals surface area (Å²) in [4.78, 5) is 34.8. The second kappa shape index (κ2) is 10.8. The smallest absolute Gasteiger partial charge is 0.227 e. The van der Waals surface area contributed by atoms with Crippen LogP contribution in [0.5, 0.6) is 0 Å². The fraction of sp³-hybridized carbons (Fsp3) is 0.344. The standard InChI is InChI=1S/C32H33FN2O2/c1-3-4-6-11-30(37)35-28-18-21(2)12-17-26(28)34-27-19-24(22-9-7-5-8-10-22)20-29(36)31(27)32(35)23-13-15-25(33)16-14-23/h5,7-10,12-18,24,31-32H,3-4,6,11,19-20H2,1-2H3/t24-,31-,32-/m0/s1. The highest BCUT2D eigenvalue weighted by atomic mass is 19.1. The van der Waals surface area contributed by atoms with Crippen LogP contribution in [-0.2, 0) is 9.59 Å². The molecular formula is C32H33FN2O2. The zero-order valence-corrected chi connectivity index (χ0v) is 21.5. The number of hydrogen-bond acceptors (Lipinski definition) is 3. The largest absolute Gasteiger partial charge is 0.302 e. The van der Waals surface area contributed by atoms with Gasteiger partial charge in [-0.05, 0) is 66.6 Å². The van der Waals surface area contributed by atoms with Crippen molar-refractivity contribution in [2.75, 3.05) is 4.90 Å². The molecule has 1 amide bonds. The number of aliphatic imine (C=N–C) groups is 1. The summed E-state index contributed by atoms with van der Waals surface area (Å²) in [7, 11) is 0. The molecular weight excluding hydrogens is 463 g/mol. The predicted octanol–water partition coefficient (Wildman–Crippen LogP) is 7.64. The van der Waals surface area contributed by atoms with Crippen LogP contribution in [-0.4, -0.2) is 17.4 Å². The Morgan fingerprint density at radius 1 is 0.973 bits per heavy atom.